The minimum Gasteiger partial charge on any atom is -0.493 e. The third-order valence-electron chi connectivity index (χ3n) is 6.10. The average molecular weight is 373 g/mol. The first-order valence-corrected chi connectivity index (χ1v) is 10.6. The van der Waals surface area contributed by atoms with Crippen molar-refractivity contribution in [3.63, 3.8) is 0 Å². The van der Waals surface area contributed by atoms with Gasteiger partial charge in [-0.15, -0.1) is 11.3 Å². The molecule has 2 fully saturated rings. The highest BCUT2D eigenvalue weighted by atomic mass is 32.1. The lowest BCUT2D eigenvalue weighted by Crippen LogP contribution is -2.47. The molecule has 1 atom stereocenters. The van der Waals surface area contributed by atoms with Gasteiger partial charge in [-0.05, 0) is 56.2 Å². The number of thiophene rings is 1. The van der Waals surface area contributed by atoms with Gasteiger partial charge in [-0.2, -0.15) is 0 Å². The van der Waals surface area contributed by atoms with Crippen LogP contribution in [0.4, 0.5) is 0 Å². The molecular weight excluding hydrogens is 344 g/mol. The topological polar surface area (TPSA) is 54.4 Å². The van der Waals surface area contributed by atoms with Crippen LogP contribution in [-0.4, -0.2) is 28.8 Å². The number of aromatic nitrogens is 1. The molecule has 0 amide bonds. The molecule has 2 aromatic heterocycles. The average Bonchev–Trinajstić information content (AvgIpc) is 3.31. The molecule has 0 radical (unpaired) electrons. The van der Waals surface area contributed by atoms with Gasteiger partial charge in [0.15, 0.2) is 0 Å². The molecule has 1 aliphatic carbocycles. The molecule has 0 bridgehead atoms. The molecule has 26 heavy (non-hydrogen) atoms. The number of hydrogen-bond donors (Lipinski definition) is 2. The summed E-state index contributed by atoms with van der Waals surface area (Å²) in [6, 6.07) is 9.95. The lowest BCUT2D eigenvalue weighted by Gasteiger charge is -2.46. The Balaban J connectivity index is 1.51. The van der Waals surface area contributed by atoms with Crippen LogP contribution >= 0.6 is 11.3 Å². The molecule has 5 heteroatoms. The van der Waals surface area contributed by atoms with E-state index in [-0.39, 0.29) is 16.9 Å². The summed E-state index contributed by atoms with van der Waals surface area (Å²) in [6.45, 7) is 2.66. The van der Waals surface area contributed by atoms with Crippen molar-refractivity contribution in [1.82, 2.24) is 10.3 Å². The van der Waals surface area contributed by atoms with E-state index >= 15 is 0 Å². The second-order valence-corrected chi connectivity index (χ2v) is 8.87. The van der Waals surface area contributed by atoms with Crippen molar-refractivity contribution < 1.29 is 9.84 Å². The quantitative estimate of drug-likeness (QED) is 0.739. The maximum absolute atomic E-state index is 9.95. The Kier molecular flexibility index (Phi) is 5.30. The maximum atomic E-state index is 9.95. The summed E-state index contributed by atoms with van der Waals surface area (Å²) in [7, 11) is 0. The zero-order valence-corrected chi connectivity index (χ0v) is 16.1. The van der Waals surface area contributed by atoms with E-state index in [1.54, 1.807) is 17.4 Å². The van der Waals surface area contributed by atoms with E-state index < -0.39 is 0 Å². The Labute approximate surface area is 159 Å². The van der Waals surface area contributed by atoms with Crippen molar-refractivity contribution >= 4 is 11.3 Å². The van der Waals surface area contributed by atoms with Crippen LogP contribution in [0.2, 0.25) is 0 Å². The summed E-state index contributed by atoms with van der Waals surface area (Å²) >= 11 is 1.79. The van der Waals surface area contributed by atoms with Crippen LogP contribution in [0.3, 0.4) is 0 Å². The van der Waals surface area contributed by atoms with Crippen molar-refractivity contribution in [2.24, 2.45) is 0 Å². The van der Waals surface area contributed by atoms with Crippen molar-refractivity contribution in [3.05, 3.63) is 46.3 Å². The monoisotopic (exact) mass is 372 g/mol. The van der Waals surface area contributed by atoms with Crippen LogP contribution in [0, 0.1) is 0 Å². The van der Waals surface area contributed by atoms with Crippen molar-refractivity contribution in [2.75, 3.05) is 13.2 Å². The molecule has 3 heterocycles. The molecule has 1 saturated heterocycles. The van der Waals surface area contributed by atoms with Gasteiger partial charge in [0.05, 0.1) is 11.3 Å². The van der Waals surface area contributed by atoms with E-state index in [4.69, 9.17) is 4.74 Å². The molecule has 4 nitrogen and oxygen atoms in total. The van der Waals surface area contributed by atoms with Crippen molar-refractivity contribution in [1.29, 1.82) is 0 Å². The van der Waals surface area contributed by atoms with E-state index in [0.29, 0.717) is 0 Å². The zero-order valence-electron chi connectivity index (χ0n) is 15.2. The predicted octanol–water partition coefficient (Wildman–Crippen LogP) is 4.39. The molecule has 140 valence electrons. The third kappa shape index (κ3) is 3.80. The molecule has 4 rings (SSSR count). The maximum Gasteiger partial charge on any atom is 0.210 e. The van der Waals surface area contributed by atoms with E-state index in [1.165, 1.54) is 17.7 Å². The van der Waals surface area contributed by atoms with Crippen LogP contribution < -0.4 is 5.32 Å². The molecule has 2 N–H and O–H groups in total. The minimum absolute atomic E-state index is 0.0101. The van der Waals surface area contributed by atoms with Gasteiger partial charge < -0.3 is 15.2 Å². The summed E-state index contributed by atoms with van der Waals surface area (Å²) in [6.07, 6.45) is 7.88. The Morgan fingerprint density at radius 1 is 1.15 bits per heavy atom. The van der Waals surface area contributed by atoms with Gasteiger partial charge in [-0.3, -0.25) is 0 Å². The van der Waals surface area contributed by atoms with Crippen LogP contribution in [0.25, 0.3) is 0 Å². The van der Waals surface area contributed by atoms with Gasteiger partial charge in [0.25, 0.3) is 0 Å². The number of ether oxygens (including phenoxy) is 1. The van der Waals surface area contributed by atoms with Gasteiger partial charge in [-0.25, -0.2) is 4.98 Å². The van der Waals surface area contributed by atoms with Crippen LogP contribution in [0.5, 0.6) is 5.88 Å². The molecule has 1 saturated carbocycles. The van der Waals surface area contributed by atoms with Gasteiger partial charge >= 0.3 is 0 Å². The Hall–Kier alpha value is -1.43. The largest absolute Gasteiger partial charge is 0.493 e. The molecular formula is C21H28N2O2S. The second kappa shape index (κ2) is 7.67. The highest BCUT2D eigenvalue weighted by molar-refractivity contribution is 7.09. The van der Waals surface area contributed by atoms with Gasteiger partial charge in [0, 0.05) is 29.5 Å². The van der Waals surface area contributed by atoms with E-state index in [9.17, 15) is 5.11 Å². The van der Waals surface area contributed by atoms with E-state index in [1.807, 2.05) is 6.07 Å². The fourth-order valence-electron chi connectivity index (χ4n) is 4.79. The van der Waals surface area contributed by atoms with Gasteiger partial charge in [0.2, 0.25) is 5.88 Å². The molecule has 2 aromatic rings. The van der Waals surface area contributed by atoms with Crippen molar-refractivity contribution in [3.8, 4) is 5.88 Å². The lowest BCUT2D eigenvalue weighted by molar-refractivity contribution is -0.104. The summed E-state index contributed by atoms with van der Waals surface area (Å²) in [4.78, 5) is 5.90. The summed E-state index contributed by atoms with van der Waals surface area (Å²) in [5.74, 6) is 0.125. The number of pyridine rings is 1. The molecule has 0 aromatic carbocycles. The van der Waals surface area contributed by atoms with E-state index in [2.05, 4.69) is 33.9 Å². The lowest BCUT2D eigenvalue weighted by atomic mass is 9.68. The summed E-state index contributed by atoms with van der Waals surface area (Å²) in [5, 5.41) is 15.7. The number of rotatable bonds is 6. The zero-order chi connectivity index (χ0) is 17.9. The highest BCUT2D eigenvalue weighted by Gasteiger charge is 2.48. The van der Waals surface area contributed by atoms with Crippen LogP contribution in [0.1, 0.15) is 55.5 Å². The number of nitrogens with one attached hydrogen (secondary N) is 1. The fraction of sp³-hybridized carbons (Fsp3) is 0.571. The number of nitrogens with zero attached hydrogens (tertiary/aromatic N) is 1. The summed E-state index contributed by atoms with van der Waals surface area (Å²) in [5.41, 5.74) is 1.05. The van der Waals surface area contributed by atoms with Crippen molar-refractivity contribution in [2.45, 2.75) is 62.5 Å². The minimum atomic E-state index is -0.0101. The highest BCUT2D eigenvalue weighted by Crippen LogP contribution is 2.49. The third-order valence-corrected chi connectivity index (χ3v) is 6.98. The van der Waals surface area contributed by atoms with Crippen LogP contribution in [-0.2, 0) is 16.7 Å². The molecule has 1 aliphatic heterocycles. The second-order valence-electron chi connectivity index (χ2n) is 7.83. The number of aromatic hydroxyl groups is 1. The smallest absolute Gasteiger partial charge is 0.210 e. The molecule has 1 spiro atoms. The standard InChI is InChI=1S/C21H28N2O2S/c24-19-7-3-6-18(23-19)20(10-12-22-15-17-5-4-14-26-17)11-13-25-21(16-20)8-1-2-9-21/h3-7,14,22H,1-2,8-13,15-16H2,(H,23,24). The molecule has 2 aliphatic rings. The normalized spacial score (nSPS) is 24.9. The Morgan fingerprint density at radius 3 is 2.81 bits per heavy atom. The SMILES string of the molecule is Oc1cccc(C2(CCNCc3cccs3)CCOC3(CCCC3)C2)n1. The first-order chi connectivity index (χ1) is 12.7. The predicted molar refractivity (Wildman–Crippen MR) is 105 cm³/mol. The fourth-order valence-corrected chi connectivity index (χ4v) is 5.47. The summed E-state index contributed by atoms with van der Waals surface area (Å²) < 4.78 is 6.29. The Morgan fingerprint density at radius 2 is 2.04 bits per heavy atom. The Bertz CT molecular complexity index is 713. The number of hydrogen-bond acceptors (Lipinski definition) is 5. The van der Waals surface area contributed by atoms with Crippen LogP contribution in [0.15, 0.2) is 35.7 Å². The van der Waals surface area contributed by atoms with E-state index in [0.717, 1.165) is 57.5 Å². The first kappa shape index (κ1) is 18.0. The molecule has 1 unspecified atom stereocenters. The first-order valence-electron chi connectivity index (χ1n) is 9.73. The van der Waals surface area contributed by atoms with Gasteiger partial charge in [-0.1, -0.05) is 25.0 Å². The van der Waals surface area contributed by atoms with Gasteiger partial charge in [0.1, 0.15) is 0 Å².